The van der Waals surface area contributed by atoms with Gasteiger partial charge in [0.15, 0.2) is 0 Å². The van der Waals surface area contributed by atoms with E-state index >= 15 is 0 Å². The van der Waals surface area contributed by atoms with E-state index in [0.29, 0.717) is 16.6 Å². The fourth-order valence-corrected chi connectivity index (χ4v) is 3.05. The predicted molar refractivity (Wildman–Crippen MR) is 92.5 cm³/mol. The van der Waals surface area contributed by atoms with Gasteiger partial charge in [-0.15, -0.1) is 12.4 Å². The Morgan fingerprint density at radius 2 is 1.77 bits per heavy atom. The van der Waals surface area contributed by atoms with Crippen LogP contribution in [0.4, 0.5) is 0 Å². The van der Waals surface area contributed by atoms with E-state index in [1.807, 2.05) is 0 Å². The molecule has 0 aromatic heterocycles. The summed E-state index contributed by atoms with van der Waals surface area (Å²) in [6.45, 7) is 0.297. The summed E-state index contributed by atoms with van der Waals surface area (Å²) in [5, 5.41) is 0.972. The lowest BCUT2D eigenvalue weighted by molar-refractivity contribution is -0.131. The minimum atomic E-state index is -3.13. The van der Waals surface area contributed by atoms with Crippen LogP contribution in [0.2, 0.25) is 10.0 Å². The van der Waals surface area contributed by atoms with Gasteiger partial charge in [-0.3, -0.25) is 4.79 Å². The maximum absolute atomic E-state index is 12.1. The van der Waals surface area contributed by atoms with Crippen LogP contribution >= 0.6 is 35.6 Å². The Morgan fingerprint density at radius 1 is 1.27 bits per heavy atom. The van der Waals surface area contributed by atoms with Gasteiger partial charge in [-0.05, 0) is 30.2 Å². The van der Waals surface area contributed by atoms with Crippen molar-refractivity contribution in [3.05, 3.63) is 33.8 Å². The first-order valence-electron chi connectivity index (χ1n) is 6.22. The Balaban J connectivity index is 0.00000441. The van der Waals surface area contributed by atoms with Gasteiger partial charge >= 0.3 is 0 Å². The molecule has 5 nitrogen and oxygen atoms in total. The van der Waals surface area contributed by atoms with E-state index in [-0.39, 0.29) is 30.5 Å². The second kappa shape index (κ2) is 8.93. The van der Waals surface area contributed by atoms with Crippen molar-refractivity contribution in [3.8, 4) is 0 Å². The molecule has 0 bridgehead atoms. The van der Waals surface area contributed by atoms with Gasteiger partial charge < -0.3 is 10.6 Å². The molecule has 1 unspecified atom stereocenters. The van der Waals surface area contributed by atoms with E-state index in [2.05, 4.69) is 0 Å². The number of hydrogen-bond acceptors (Lipinski definition) is 4. The van der Waals surface area contributed by atoms with Crippen LogP contribution in [0.25, 0.3) is 0 Å². The molecule has 2 N–H and O–H groups in total. The van der Waals surface area contributed by atoms with Gasteiger partial charge in [0.25, 0.3) is 0 Å². The summed E-state index contributed by atoms with van der Waals surface area (Å²) >= 11 is 11.8. The van der Waals surface area contributed by atoms with Crippen molar-refractivity contribution in [2.24, 2.45) is 5.73 Å². The SMILES string of the molecule is CN(Cc1cc(Cl)cc(Cl)c1)C(=O)C(N)CCS(C)(=O)=O.Cl. The molecule has 0 aliphatic heterocycles. The lowest BCUT2D eigenvalue weighted by Gasteiger charge is -2.21. The highest BCUT2D eigenvalue weighted by atomic mass is 35.5. The number of sulfone groups is 1. The molecule has 0 spiro atoms. The highest BCUT2D eigenvalue weighted by molar-refractivity contribution is 7.90. The van der Waals surface area contributed by atoms with Crippen molar-refractivity contribution in [2.45, 2.75) is 19.0 Å². The molecule has 22 heavy (non-hydrogen) atoms. The van der Waals surface area contributed by atoms with Crippen molar-refractivity contribution in [3.63, 3.8) is 0 Å². The zero-order valence-corrected chi connectivity index (χ0v) is 15.4. The molecule has 1 amide bonds. The number of halogens is 3. The molecule has 1 aromatic rings. The Labute approximate surface area is 147 Å². The quantitative estimate of drug-likeness (QED) is 0.808. The van der Waals surface area contributed by atoms with Crippen LogP contribution in [0.15, 0.2) is 18.2 Å². The second-order valence-electron chi connectivity index (χ2n) is 5.00. The summed E-state index contributed by atoms with van der Waals surface area (Å²) in [6.07, 6.45) is 1.21. The minimum absolute atomic E-state index is 0. The molecular weight excluding hydrogens is 371 g/mol. The van der Waals surface area contributed by atoms with Gasteiger partial charge in [-0.25, -0.2) is 8.42 Å². The van der Waals surface area contributed by atoms with Crippen molar-refractivity contribution in [1.82, 2.24) is 4.90 Å². The lowest BCUT2D eigenvalue weighted by Crippen LogP contribution is -2.42. The van der Waals surface area contributed by atoms with Crippen LogP contribution in [0.3, 0.4) is 0 Å². The lowest BCUT2D eigenvalue weighted by atomic mass is 10.1. The second-order valence-corrected chi connectivity index (χ2v) is 8.13. The molecule has 0 radical (unpaired) electrons. The smallest absolute Gasteiger partial charge is 0.239 e. The molecule has 126 valence electrons. The van der Waals surface area contributed by atoms with E-state index in [0.717, 1.165) is 11.8 Å². The molecule has 0 saturated carbocycles. The number of likely N-dealkylation sites (N-methyl/N-ethyl adjacent to an activating group) is 1. The van der Waals surface area contributed by atoms with E-state index in [1.165, 1.54) is 4.90 Å². The fraction of sp³-hybridized carbons (Fsp3) is 0.462. The Bertz CT molecular complexity index is 603. The number of nitrogens with two attached hydrogens (primary N) is 1. The van der Waals surface area contributed by atoms with Gasteiger partial charge in [0.05, 0.1) is 11.8 Å². The Morgan fingerprint density at radius 3 is 2.23 bits per heavy atom. The zero-order valence-electron chi connectivity index (χ0n) is 12.3. The van der Waals surface area contributed by atoms with Crippen LogP contribution < -0.4 is 5.73 Å². The first-order valence-corrected chi connectivity index (χ1v) is 9.03. The number of carbonyl (C=O) groups is 1. The normalized spacial score (nSPS) is 12.4. The summed E-state index contributed by atoms with van der Waals surface area (Å²) in [4.78, 5) is 13.5. The molecule has 0 aliphatic rings. The molecule has 9 heteroatoms. The first-order chi connectivity index (χ1) is 9.58. The third-order valence-corrected chi connectivity index (χ3v) is 4.25. The first kappa shape index (κ1) is 21.5. The van der Waals surface area contributed by atoms with Crippen LogP contribution in [0, 0.1) is 0 Å². The van der Waals surface area contributed by atoms with Gasteiger partial charge in [-0.1, -0.05) is 23.2 Å². The third kappa shape index (κ3) is 7.65. The van der Waals surface area contributed by atoms with Gasteiger partial charge in [-0.2, -0.15) is 0 Å². The highest BCUT2D eigenvalue weighted by Crippen LogP contribution is 2.20. The average Bonchev–Trinajstić information content (AvgIpc) is 2.32. The summed E-state index contributed by atoms with van der Waals surface area (Å²) < 4.78 is 22.2. The highest BCUT2D eigenvalue weighted by Gasteiger charge is 2.20. The fourth-order valence-electron chi connectivity index (χ4n) is 1.80. The number of rotatable bonds is 6. The maximum atomic E-state index is 12.1. The van der Waals surface area contributed by atoms with E-state index in [9.17, 15) is 13.2 Å². The van der Waals surface area contributed by atoms with Crippen LogP contribution in [0.1, 0.15) is 12.0 Å². The zero-order chi connectivity index (χ0) is 16.2. The number of benzene rings is 1. The molecule has 0 fully saturated rings. The molecule has 1 aromatic carbocycles. The van der Waals surface area contributed by atoms with Crippen molar-refractivity contribution in [2.75, 3.05) is 19.1 Å². The Hall–Kier alpha value is -0.530. The van der Waals surface area contributed by atoms with Crippen LogP contribution in [0.5, 0.6) is 0 Å². The van der Waals surface area contributed by atoms with Crippen LogP contribution in [-0.2, 0) is 21.2 Å². The predicted octanol–water partition coefficient (Wildman–Crippen LogP) is 2.14. The van der Waals surface area contributed by atoms with Gasteiger partial charge in [0.2, 0.25) is 5.91 Å². The maximum Gasteiger partial charge on any atom is 0.239 e. The largest absolute Gasteiger partial charge is 0.340 e. The van der Waals surface area contributed by atoms with E-state index in [1.54, 1.807) is 25.2 Å². The van der Waals surface area contributed by atoms with Gasteiger partial charge in [0, 0.05) is 29.9 Å². The van der Waals surface area contributed by atoms with Crippen molar-refractivity contribution in [1.29, 1.82) is 0 Å². The Kier molecular flexibility index (Phi) is 8.72. The minimum Gasteiger partial charge on any atom is -0.340 e. The molecule has 0 aliphatic carbocycles. The number of carbonyl (C=O) groups excluding carboxylic acids is 1. The molecule has 0 saturated heterocycles. The van der Waals surface area contributed by atoms with E-state index < -0.39 is 15.9 Å². The van der Waals surface area contributed by atoms with Crippen molar-refractivity contribution < 1.29 is 13.2 Å². The third-order valence-electron chi connectivity index (χ3n) is 2.84. The number of nitrogens with zero attached hydrogens (tertiary/aromatic N) is 1. The van der Waals surface area contributed by atoms with Gasteiger partial charge in [0.1, 0.15) is 9.84 Å². The molecule has 0 heterocycles. The molecule has 1 rings (SSSR count). The summed E-state index contributed by atoms with van der Waals surface area (Å²) in [5.74, 6) is -0.439. The topological polar surface area (TPSA) is 80.5 Å². The summed E-state index contributed by atoms with van der Waals surface area (Å²) in [6, 6.07) is 4.17. The van der Waals surface area contributed by atoms with Crippen LogP contribution in [-0.4, -0.2) is 44.3 Å². The van der Waals surface area contributed by atoms with E-state index in [4.69, 9.17) is 28.9 Å². The number of amides is 1. The molecular formula is C13H19Cl3N2O3S. The number of hydrogen-bond donors (Lipinski definition) is 1. The molecule has 1 atom stereocenters. The monoisotopic (exact) mass is 388 g/mol. The van der Waals surface area contributed by atoms with Crippen molar-refractivity contribution >= 4 is 51.4 Å². The summed E-state index contributed by atoms with van der Waals surface area (Å²) in [7, 11) is -1.54. The average molecular weight is 390 g/mol. The standard InChI is InChI=1S/C13H18Cl2N2O3S.ClH/c1-17(8-9-5-10(14)7-11(15)6-9)13(18)12(16)3-4-21(2,19)20;/h5-7,12H,3-4,8,16H2,1-2H3;1H. The summed E-state index contributed by atoms with van der Waals surface area (Å²) in [5.41, 5.74) is 6.51.